The monoisotopic (exact) mass is 442 g/mol. The molecule has 0 N–H and O–H groups in total. The predicted octanol–water partition coefficient (Wildman–Crippen LogP) is 7.34. The molecular weight excluding hydrogens is 403 g/mol. The first kappa shape index (κ1) is 23.3. The topological polar surface area (TPSA) is 35.5 Å². The van der Waals surface area contributed by atoms with Crippen LogP contribution in [0.2, 0.25) is 0 Å². The zero-order chi connectivity index (χ0) is 22.5. The fraction of sp³-hybridized carbons (Fsp3) is 0.679. The van der Waals surface area contributed by atoms with E-state index in [1.165, 1.54) is 70.6 Å². The van der Waals surface area contributed by atoms with Crippen LogP contribution in [0.4, 0.5) is 4.39 Å². The van der Waals surface area contributed by atoms with Gasteiger partial charge in [0.25, 0.3) is 0 Å². The van der Waals surface area contributed by atoms with E-state index in [1.54, 1.807) is 6.07 Å². The van der Waals surface area contributed by atoms with Crippen molar-refractivity contribution in [3.8, 4) is 11.5 Å². The fourth-order valence-electron chi connectivity index (χ4n) is 6.80. The Morgan fingerprint density at radius 1 is 1.00 bits per heavy atom. The molecule has 4 rings (SSSR count). The summed E-state index contributed by atoms with van der Waals surface area (Å²) in [6.07, 6.45) is 17.1. The summed E-state index contributed by atoms with van der Waals surface area (Å²) in [5.74, 6) is 4.04. The Morgan fingerprint density at radius 3 is 2.34 bits per heavy atom. The van der Waals surface area contributed by atoms with Crippen LogP contribution in [0.15, 0.2) is 30.9 Å². The van der Waals surface area contributed by atoms with E-state index in [4.69, 9.17) is 9.47 Å². The molecule has 3 nitrogen and oxygen atoms in total. The molecule has 3 fully saturated rings. The summed E-state index contributed by atoms with van der Waals surface area (Å²) in [6.45, 7) is 3.89. The molecule has 0 spiro atoms. The molecule has 3 saturated carbocycles. The molecule has 4 atom stereocenters. The first-order chi connectivity index (χ1) is 15.6. The van der Waals surface area contributed by atoms with Crippen LogP contribution in [0.5, 0.6) is 11.5 Å². The van der Waals surface area contributed by atoms with Gasteiger partial charge in [-0.15, -0.1) is 6.58 Å². The smallest absolute Gasteiger partial charge is 0.314 e. The lowest BCUT2D eigenvalue weighted by atomic mass is 9.60. The fourth-order valence-corrected chi connectivity index (χ4v) is 6.80. The molecule has 1 aromatic carbocycles. The summed E-state index contributed by atoms with van der Waals surface area (Å²) >= 11 is 0. The molecular formula is C28H39FO3. The SMILES string of the molecule is C=CCCC1CCC2CC(C3CCC(C(=O)Oc4ccc(OC)c(F)c4)CC3)CCC2C1. The summed E-state index contributed by atoms with van der Waals surface area (Å²) in [5.41, 5.74) is 0. The molecule has 3 aliphatic carbocycles. The van der Waals surface area contributed by atoms with Crippen LogP contribution >= 0.6 is 0 Å². The third-order valence-corrected chi connectivity index (χ3v) is 8.65. The normalized spacial score (nSPS) is 32.6. The zero-order valence-electron chi connectivity index (χ0n) is 19.6. The van der Waals surface area contributed by atoms with Crippen molar-refractivity contribution >= 4 is 5.97 Å². The Hall–Kier alpha value is -1.84. The highest BCUT2D eigenvalue weighted by atomic mass is 19.1. The minimum Gasteiger partial charge on any atom is -0.494 e. The van der Waals surface area contributed by atoms with Crippen molar-refractivity contribution in [2.75, 3.05) is 7.11 Å². The Morgan fingerprint density at radius 2 is 1.66 bits per heavy atom. The van der Waals surface area contributed by atoms with Gasteiger partial charge in [0, 0.05) is 6.07 Å². The number of ether oxygens (including phenoxy) is 2. The molecule has 4 heteroatoms. The molecule has 4 unspecified atom stereocenters. The largest absolute Gasteiger partial charge is 0.494 e. The van der Waals surface area contributed by atoms with Gasteiger partial charge in [0.2, 0.25) is 0 Å². The molecule has 0 saturated heterocycles. The van der Waals surface area contributed by atoms with Crippen LogP contribution in [0.3, 0.4) is 0 Å². The van der Waals surface area contributed by atoms with Gasteiger partial charge in [0.15, 0.2) is 11.6 Å². The van der Waals surface area contributed by atoms with Gasteiger partial charge in [-0.2, -0.15) is 0 Å². The third-order valence-electron chi connectivity index (χ3n) is 8.65. The van der Waals surface area contributed by atoms with E-state index in [2.05, 4.69) is 12.7 Å². The van der Waals surface area contributed by atoms with Crippen molar-refractivity contribution in [3.63, 3.8) is 0 Å². The van der Waals surface area contributed by atoms with Crippen LogP contribution in [-0.2, 0) is 4.79 Å². The lowest BCUT2D eigenvalue weighted by molar-refractivity contribution is -0.140. The molecule has 0 heterocycles. The highest BCUT2D eigenvalue weighted by Crippen LogP contribution is 2.49. The van der Waals surface area contributed by atoms with Crippen LogP contribution in [0.25, 0.3) is 0 Å². The van der Waals surface area contributed by atoms with E-state index in [1.807, 2.05) is 0 Å². The van der Waals surface area contributed by atoms with Gasteiger partial charge in [0.05, 0.1) is 13.0 Å². The van der Waals surface area contributed by atoms with Gasteiger partial charge >= 0.3 is 5.97 Å². The highest BCUT2D eigenvalue weighted by Gasteiger charge is 2.39. The van der Waals surface area contributed by atoms with Gasteiger partial charge in [0.1, 0.15) is 5.75 Å². The molecule has 0 aromatic heterocycles. The molecule has 1 aromatic rings. The lowest BCUT2D eigenvalue weighted by Crippen LogP contribution is -2.35. The average molecular weight is 443 g/mol. The molecule has 0 amide bonds. The summed E-state index contributed by atoms with van der Waals surface area (Å²) in [7, 11) is 1.42. The van der Waals surface area contributed by atoms with Gasteiger partial charge < -0.3 is 9.47 Å². The van der Waals surface area contributed by atoms with Crippen LogP contribution in [0.1, 0.15) is 77.0 Å². The second-order valence-corrected chi connectivity index (χ2v) is 10.5. The molecule has 0 radical (unpaired) electrons. The Kier molecular flexibility index (Phi) is 7.91. The highest BCUT2D eigenvalue weighted by molar-refractivity contribution is 5.75. The van der Waals surface area contributed by atoms with E-state index in [-0.39, 0.29) is 23.4 Å². The second kappa shape index (κ2) is 10.9. The van der Waals surface area contributed by atoms with Crippen LogP contribution < -0.4 is 9.47 Å². The van der Waals surface area contributed by atoms with Crippen molar-refractivity contribution in [3.05, 3.63) is 36.7 Å². The van der Waals surface area contributed by atoms with Crippen molar-refractivity contribution in [2.45, 2.75) is 77.0 Å². The maximum absolute atomic E-state index is 13.9. The number of methoxy groups -OCH3 is 1. The maximum atomic E-state index is 13.9. The standard InChI is InChI=1S/C28H39FO3/c1-3-4-5-19-6-7-24-17-23(13-12-22(24)16-19)20-8-10-21(11-9-20)28(30)32-25-14-15-27(31-2)26(29)18-25/h3,14-15,18-24H,1,4-13,16-17H2,2H3. The summed E-state index contributed by atoms with van der Waals surface area (Å²) < 4.78 is 24.3. The lowest BCUT2D eigenvalue weighted by Gasteiger charge is -2.45. The van der Waals surface area contributed by atoms with Gasteiger partial charge in [-0.1, -0.05) is 12.5 Å². The number of allylic oxidation sites excluding steroid dienone is 1. The Bertz CT molecular complexity index is 783. The Balaban J connectivity index is 1.22. The number of rotatable bonds is 7. The second-order valence-electron chi connectivity index (χ2n) is 10.5. The van der Waals surface area contributed by atoms with E-state index in [0.29, 0.717) is 0 Å². The number of fused-ring (bicyclic) bond motifs is 1. The first-order valence-corrected chi connectivity index (χ1v) is 12.7. The number of esters is 1. The number of hydrogen-bond acceptors (Lipinski definition) is 3. The molecule has 3 aliphatic rings. The van der Waals surface area contributed by atoms with Crippen molar-refractivity contribution in [2.24, 2.45) is 35.5 Å². The zero-order valence-corrected chi connectivity index (χ0v) is 19.6. The molecule has 32 heavy (non-hydrogen) atoms. The maximum Gasteiger partial charge on any atom is 0.314 e. The minimum absolute atomic E-state index is 0.0620. The first-order valence-electron chi connectivity index (χ1n) is 12.7. The van der Waals surface area contributed by atoms with Crippen LogP contribution in [-0.4, -0.2) is 13.1 Å². The number of carbonyl (C=O) groups excluding carboxylic acids is 1. The van der Waals surface area contributed by atoms with E-state index >= 15 is 0 Å². The van der Waals surface area contributed by atoms with Gasteiger partial charge in [-0.3, -0.25) is 4.79 Å². The summed E-state index contributed by atoms with van der Waals surface area (Å²) in [5, 5.41) is 0. The van der Waals surface area contributed by atoms with Crippen molar-refractivity contribution in [1.82, 2.24) is 0 Å². The minimum atomic E-state index is -0.508. The Labute approximate surface area is 192 Å². The van der Waals surface area contributed by atoms with Crippen molar-refractivity contribution < 1.29 is 18.7 Å². The predicted molar refractivity (Wildman–Crippen MR) is 125 cm³/mol. The average Bonchev–Trinajstić information content (AvgIpc) is 2.82. The summed E-state index contributed by atoms with van der Waals surface area (Å²) in [6, 6.07) is 4.32. The number of carbonyl (C=O) groups is 1. The molecule has 0 bridgehead atoms. The van der Waals surface area contributed by atoms with E-state index < -0.39 is 5.82 Å². The number of benzene rings is 1. The number of hydrogen-bond donors (Lipinski definition) is 0. The third kappa shape index (κ3) is 5.55. The van der Waals surface area contributed by atoms with Crippen molar-refractivity contribution in [1.29, 1.82) is 0 Å². The molecule has 176 valence electrons. The van der Waals surface area contributed by atoms with E-state index in [0.717, 1.165) is 55.3 Å². The van der Waals surface area contributed by atoms with Crippen LogP contribution in [0, 0.1) is 41.3 Å². The van der Waals surface area contributed by atoms with E-state index in [9.17, 15) is 9.18 Å². The number of halogens is 1. The summed E-state index contributed by atoms with van der Waals surface area (Å²) in [4.78, 5) is 12.6. The van der Waals surface area contributed by atoms with Gasteiger partial charge in [-0.05, 0) is 112 Å². The molecule has 0 aliphatic heterocycles. The van der Waals surface area contributed by atoms with Gasteiger partial charge in [-0.25, -0.2) is 4.39 Å². The quantitative estimate of drug-likeness (QED) is 0.252.